The Kier molecular flexibility index (Phi) is 9.88. The van der Waals surface area contributed by atoms with Crippen LogP contribution in [-0.4, -0.2) is 79.5 Å². The molecule has 67 heavy (non-hydrogen) atoms. The summed E-state index contributed by atoms with van der Waals surface area (Å²) in [5.41, 5.74) is 8.63. The molecule has 0 radical (unpaired) electrons. The molecule has 0 saturated heterocycles. The summed E-state index contributed by atoms with van der Waals surface area (Å²) in [6, 6.07) is 19.3. The van der Waals surface area contributed by atoms with Crippen molar-refractivity contribution in [1.82, 2.24) is 53.3 Å². The molecular formula is C50H48FN11O5. The third-order valence-electron chi connectivity index (χ3n) is 13.9. The maximum Gasteiger partial charge on any atom is 0.438 e. The lowest BCUT2D eigenvalue weighted by atomic mass is 9.98. The van der Waals surface area contributed by atoms with Crippen LogP contribution >= 0.6 is 0 Å². The van der Waals surface area contributed by atoms with Gasteiger partial charge in [-0.3, -0.25) is 33.1 Å². The molecule has 2 atom stereocenters. The van der Waals surface area contributed by atoms with Crippen LogP contribution in [0.25, 0.3) is 50.1 Å². The number of rotatable bonds is 11. The highest BCUT2D eigenvalue weighted by molar-refractivity contribution is 6.00. The van der Waals surface area contributed by atoms with E-state index in [0.717, 1.165) is 56.3 Å². The van der Waals surface area contributed by atoms with E-state index < -0.39 is 11.3 Å². The van der Waals surface area contributed by atoms with E-state index in [-0.39, 0.29) is 29.9 Å². The number of ether oxygens (including phenoxy) is 1. The van der Waals surface area contributed by atoms with Crippen LogP contribution in [0, 0.1) is 32.5 Å². The number of aromatic nitrogens is 10. The van der Waals surface area contributed by atoms with Crippen molar-refractivity contribution in [2.45, 2.75) is 72.5 Å². The molecule has 17 heteroatoms. The number of benzene rings is 3. The Hall–Kier alpha value is -7.66. The van der Waals surface area contributed by atoms with Gasteiger partial charge in [0.25, 0.3) is 5.91 Å². The number of hydrogen-bond donors (Lipinski definition) is 1. The fraction of sp³-hybridized carbons (Fsp3) is 0.300. The summed E-state index contributed by atoms with van der Waals surface area (Å²) in [7, 11) is 1.65. The van der Waals surface area contributed by atoms with Crippen molar-refractivity contribution in [3.05, 3.63) is 157 Å². The average Bonchev–Trinajstić information content (AvgIpc) is 3.97. The molecule has 3 aromatic carbocycles. The zero-order chi connectivity index (χ0) is 46.5. The van der Waals surface area contributed by atoms with Gasteiger partial charge in [-0.2, -0.15) is 10.2 Å². The molecule has 1 aliphatic heterocycles. The molecule has 16 nitrogen and oxygen atoms in total. The Morgan fingerprint density at radius 3 is 2.48 bits per heavy atom. The lowest BCUT2D eigenvalue weighted by molar-refractivity contribution is 0.0721. The van der Waals surface area contributed by atoms with E-state index >= 15 is 9.18 Å². The van der Waals surface area contributed by atoms with Crippen LogP contribution in [0.5, 0.6) is 0 Å². The summed E-state index contributed by atoms with van der Waals surface area (Å²) in [6.07, 6.45) is 8.82. The highest BCUT2D eigenvalue weighted by Crippen LogP contribution is 2.56. The van der Waals surface area contributed by atoms with Gasteiger partial charge < -0.3 is 14.2 Å². The number of aryl methyl sites for hydroxylation is 3. The minimum Gasteiger partial charge on any atom is -0.383 e. The van der Waals surface area contributed by atoms with Gasteiger partial charge in [-0.1, -0.05) is 25.1 Å². The zero-order valence-electron chi connectivity index (χ0n) is 38.0. The lowest BCUT2D eigenvalue weighted by Crippen LogP contribution is -2.39. The Morgan fingerprint density at radius 1 is 0.970 bits per heavy atom. The molecule has 1 saturated carbocycles. The Balaban J connectivity index is 1.03. The summed E-state index contributed by atoms with van der Waals surface area (Å²) < 4.78 is 34.1. The summed E-state index contributed by atoms with van der Waals surface area (Å²) in [6.45, 7) is 11.2. The molecule has 6 aromatic heterocycles. The van der Waals surface area contributed by atoms with Gasteiger partial charge in [-0.25, -0.2) is 18.7 Å². The minimum atomic E-state index is -0.848. The summed E-state index contributed by atoms with van der Waals surface area (Å²) in [5, 5.41) is 15.5. The molecule has 1 amide bonds. The number of amides is 1. The molecule has 1 N–H and O–H groups in total. The van der Waals surface area contributed by atoms with Crippen LogP contribution in [-0.2, 0) is 36.2 Å². The number of carbonyl (C=O) groups excluding carboxylic acids is 1. The first-order valence-corrected chi connectivity index (χ1v) is 22.5. The van der Waals surface area contributed by atoms with Gasteiger partial charge in [0.15, 0.2) is 5.82 Å². The van der Waals surface area contributed by atoms with Gasteiger partial charge in [0.1, 0.15) is 22.9 Å². The second kappa shape index (κ2) is 15.8. The fourth-order valence-electron chi connectivity index (χ4n) is 10.3. The molecular weight excluding hydrogens is 854 g/mol. The van der Waals surface area contributed by atoms with Gasteiger partial charge in [0, 0.05) is 66.2 Å². The van der Waals surface area contributed by atoms with Gasteiger partial charge in [-0.15, -0.1) is 0 Å². The Bertz CT molecular complexity index is 3560. The second-order valence-corrected chi connectivity index (χ2v) is 17.9. The normalized spacial score (nSPS) is 16.9. The summed E-state index contributed by atoms with van der Waals surface area (Å²) in [5.74, 6) is -0.406. The van der Waals surface area contributed by atoms with Crippen molar-refractivity contribution >= 4 is 27.7 Å². The average molecular weight is 902 g/mol. The molecule has 0 bridgehead atoms. The number of fused-ring (bicyclic) bond motifs is 3. The van der Waals surface area contributed by atoms with Crippen molar-refractivity contribution in [2.75, 3.05) is 20.3 Å². The Morgan fingerprint density at radius 2 is 1.75 bits per heavy atom. The minimum absolute atomic E-state index is 0.00788. The Labute approximate surface area is 382 Å². The number of H-pyrrole nitrogens is 1. The van der Waals surface area contributed by atoms with Crippen LogP contribution in [0.3, 0.4) is 0 Å². The predicted molar refractivity (Wildman–Crippen MR) is 249 cm³/mol. The third kappa shape index (κ3) is 6.61. The van der Waals surface area contributed by atoms with Crippen LogP contribution in [0.4, 0.5) is 4.39 Å². The molecule has 9 aromatic rings. The van der Waals surface area contributed by atoms with E-state index in [4.69, 9.17) is 14.4 Å². The van der Waals surface area contributed by atoms with E-state index in [0.29, 0.717) is 77.9 Å². The summed E-state index contributed by atoms with van der Waals surface area (Å²) >= 11 is 0. The monoisotopic (exact) mass is 901 g/mol. The van der Waals surface area contributed by atoms with E-state index in [9.17, 15) is 9.59 Å². The van der Waals surface area contributed by atoms with Crippen molar-refractivity contribution in [1.29, 1.82) is 0 Å². The highest BCUT2D eigenvalue weighted by atomic mass is 19.1. The van der Waals surface area contributed by atoms with E-state index in [2.05, 4.69) is 53.1 Å². The zero-order valence-corrected chi connectivity index (χ0v) is 38.0. The molecule has 11 rings (SSSR count). The van der Waals surface area contributed by atoms with Gasteiger partial charge in [-0.05, 0) is 122 Å². The molecule has 0 unspecified atom stereocenters. The maximum absolute atomic E-state index is 15.4. The van der Waals surface area contributed by atoms with Crippen molar-refractivity contribution in [3.8, 4) is 28.3 Å². The van der Waals surface area contributed by atoms with Gasteiger partial charge in [0.05, 0.1) is 48.5 Å². The standard InChI is InChI=1S/C50H48FN11O5/c1-7-39-31(5)37(12-14-52-39)32-8-10-42-33(22-32)24-43(61(42)50(25-30(50)4)47-54-48(64)67-56-47)46(63)57-15-13-40-38(27-57)45(62(55-40)36-20-28(2)44(51)29(3)21-36)59-17-16-58(49(59)65)35-9-11-41-34(23-35)26-53-60(41)18-19-66-6/h8-12,14,16-17,20-24,26,30H,7,13,15,18-19,25,27H2,1-6H3,(H,54,56,64)/t30-,50-/m0/s1. The first kappa shape index (κ1) is 42.0. The van der Waals surface area contributed by atoms with Crippen LogP contribution in [0.15, 0.2) is 99.6 Å². The number of aromatic amines is 1. The van der Waals surface area contributed by atoms with Crippen molar-refractivity contribution in [3.63, 3.8) is 0 Å². The molecule has 0 spiro atoms. The smallest absolute Gasteiger partial charge is 0.383 e. The number of methoxy groups -OCH3 is 1. The van der Waals surface area contributed by atoms with Crippen LogP contribution in [0.2, 0.25) is 0 Å². The van der Waals surface area contributed by atoms with Crippen LogP contribution in [0.1, 0.15) is 70.2 Å². The van der Waals surface area contributed by atoms with E-state index in [1.807, 2.05) is 51.8 Å². The fourth-order valence-corrected chi connectivity index (χ4v) is 10.3. The summed E-state index contributed by atoms with van der Waals surface area (Å²) in [4.78, 5) is 51.7. The van der Waals surface area contributed by atoms with Gasteiger partial charge >= 0.3 is 11.4 Å². The number of hydrogen-bond acceptors (Lipinski definition) is 9. The number of halogens is 1. The number of nitrogens with zero attached hydrogens (tertiary/aromatic N) is 10. The quantitative estimate of drug-likeness (QED) is 0.142. The van der Waals surface area contributed by atoms with E-state index in [1.165, 1.54) is 0 Å². The molecule has 1 aliphatic carbocycles. The molecule has 1 fully saturated rings. The van der Waals surface area contributed by atoms with Gasteiger partial charge in [0.2, 0.25) is 0 Å². The van der Waals surface area contributed by atoms with E-state index in [1.54, 1.807) is 70.4 Å². The van der Waals surface area contributed by atoms with Crippen LogP contribution < -0.4 is 11.4 Å². The maximum atomic E-state index is 15.4. The molecule has 2 aliphatic rings. The highest BCUT2D eigenvalue weighted by Gasteiger charge is 2.59. The number of nitrogens with one attached hydrogen (secondary N) is 1. The number of carbonyl (C=O) groups is 1. The predicted octanol–water partition coefficient (Wildman–Crippen LogP) is 7.11. The third-order valence-corrected chi connectivity index (χ3v) is 13.9. The first-order chi connectivity index (χ1) is 32.4. The van der Waals surface area contributed by atoms with Crippen molar-refractivity contribution in [2.24, 2.45) is 5.92 Å². The largest absolute Gasteiger partial charge is 0.438 e. The number of imidazole rings is 1. The SMILES string of the molecule is CCc1nccc(-c2ccc3c(c2)cc(C(=O)N2CCc4nn(-c5cc(C)c(F)c(C)c5)c(-n5ccn(-c6ccc7c(cnn7CCOC)c6)c5=O)c4C2)n3[C@@]2(c3noc(=O)[nH]3)C[C@@H]2C)c1C. The first-order valence-electron chi connectivity index (χ1n) is 22.5. The number of pyridine rings is 1. The lowest BCUT2D eigenvalue weighted by Gasteiger charge is -2.29. The van der Waals surface area contributed by atoms with Crippen molar-refractivity contribution < 1.29 is 18.4 Å². The molecule has 7 heterocycles. The molecule has 340 valence electrons. The second-order valence-electron chi connectivity index (χ2n) is 17.9. The topological polar surface area (TPSA) is 169 Å².